The molecule has 0 rings (SSSR count). The normalized spacial score (nSPS) is 13.4. The molecule has 0 aromatic rings. The first kappa shape index (κ1) is 15.9. The van der Waals surface area contributed by atoms with Crippen molar-refractivity contribution in [2.75, 3.05) is 38.7 Å². The summed E-state index contributed by atoms with van der Waals surface area (Å²) in [6.45, 7) is 7.47. The van der Waals surface area contributed by atoms with Crippen molar-refractivity contribution in [3.63, 3.8) is 0 Å². The van der Waals surface area contributed by atoms with Crippen LogP contribution in [-0.4, -0.2) is 57.5 Å². The fraction of sp³-hybridized carbons (Fsp3) is 1.00. The summed E-state index contributed by atoms with van der Waals surface area (Å²) in [7, 11) is 1.20. The quantitative estimate of drug-likeness (QED) is 0.646. The zero-order valence-electron chi connectivity index (χ0n) is 11.2. The number of nitrogens with zero attached hydrogens (tertiary/aromatic N) is 1. The topological polar surface area (TPSA) is 49.4 Å². The van der Waals surface area contributed by atoms with Gasteiger partial charge in [0.15, 0.2) is 9.84 Å². The highest BCUT2D eigenvalue weighted by Crippen LogP contribution is 2.07. The van der Waals surface area contributed by atoms with Gasteiger partial charge in [-0.2, -0.15) is 0 Å². The van der Waals surface area contributed by atoms with Gasteiger partial charge in [-0.3, -0.25) is 0 Å². The molecule has 0 spiro atoms. The number of nitrogens with one attached hydrogen (secondary N) is 1. The van der Waals surface area contributed by atoms with Crippen molar-refractivity contribution in [2.45, 2.75) is 32.7 Å². The summed E-state index contributed by atoms with van der Waals surface area (Å²) >= 11 is 0. The van der Waals surface area contributed by atoms with E-state index in [-0.39, 0.29) is 11.3 Å². The molecule has 16 heavy (non-hydrogen) atoms. The van der Waals surface area contributed by atoms with Crippen LogP contribution in [-0.2, 0) is 9.84 Å². The second-order valence-electron chi connectivity index (χ2n) is 5.04. The highest BCUT2D eigenvalue weighted by Gasteiger charge is 2.19. The summed E-state index contributed by atoms with van der Waals surface area (Å²) < 4.78 is 22.9. The molecule has 0 radical (unpaired) electrons. The van der Waals surface area contributed by atoms with E-state index in [0.29, 0.717) is 18.7 Å². The van der Waals surface area contributed by atoms with Crippen molar-refractivity contribution < 1.29 is 8.42 Å². The average Bonchev–Trinajstić information content (AvgIpc) is 2.12. The van der Waals surface area contributed by atoms with Gasteiger partial charge in [-0.05, 0) is 34.4 Å². The number of hydrogen-bond acceptors (Lipinski definition) is 4. The van der Waals surface area contributed by atoms with Gasteiger partial charge in [0.1, 0.15) is 0 Å². The van der Waals surface area contributed by atoms with E-state index in [1.165, 1.54) is 0 Å². The predicted octanol–water partition coefficient (Wildman–Crippen LogP) is 0.741. The molecular weight excluding hydrogens is 224 g/mol. The lowest BCUT2D eigenvalue weighted by Crippen LogP contribution is -2.47. The Hall–Kier alpha value is -0.130. The second-order valence-corrected chi connectivity index (χ2v) is 7.34. The van der Waals surface area contributed by atoms with Gasteiger partial charge < -0.3 is 10.2 Å². The molecular formula is C11H26N2O2S. The van der Waals surface area contributed by atoms with Crippen molar-refractivity contribution in [1.82, 2.24) is 10.2 Å². The van der Waals surface area contributed by atoms with Crippen LogP contribution in [0.2, 0.25) is 0 Å². The highest BCUT2D eigenvalue weighted by atomic mass is 32.2. The van der Waals surface area contributed by atoms with E-state index in [9.17, 15) is 8.42 Å². The van der Waals surface area contributed by atoms with Crippen molar-refractivity contribution in [2.24, 2.45) is 0 Å². The minimum atomic E-state index is -2.85. The van der Waals surface area contributed by atoms with Crippen LogP contribution in [0, 0.1) is 0 Å². The Balaban J connectivity index is 3.85. The molecule has 0 aliphatic carbocycles. The Morgan fingerprint density at radius 1 is 1.19 bits per heavy atom. The van der Waals surface area contributed by atoms with E-state index >= 15 is 0 Å². The molecule has 0 fully saturated rings. The van der Waals surface area contributed by atoms with Crippen molar-refractivity contribution >= 4 is 9.84 Å². The van der Waals surface area contributed by atoms with Gasteiger partial charge in [-0.25, -0.2) is 8.42 Å². The molecule has 5 heteroatoms. The number of rotatable bonds is 8. The van der Waals surface area contributed by atoms with E-state index in [2.05, 4.69) is 24.1 Å². The Labute approximate surface area is 100 Å². The van der Waals surface area contributed by atoms with Gasteiger partial charge in [0.25, 0.3) is 0 Å². The van der Waals surface area contributed by atoms with Crippen LogP contribution in [0.1, 0.15) is 27.2 Å². The summed E-state index contributed by atoms with van der Waals surface area (Å²) in [5.74, 6) is 0.538. The summed E-state index contributed by atoms with van der Waals surface area (Å²) in [6.07, 6.45) is 0.700. The van der Waals surface area contributed by atoms with Crippen LogP contribution in [0.5, 0.6) is 0 Å². The number of hydrogen-bond donors (Lipinski definition) is 1. The molecule has 0 saturated carbocycles. The highest BCUT2D eigenvalue weighted by molar-refractivity contribution is 7.91. The SMILES string of the molecule is CCCS(=O)(=O)CCNCC(C)(C)N(C)C. The molecule has 0 aromatic heterocycles. The maximum Gasteiger partial charge on any atom is 0.151 e. The third-order valence-electron chi connectivity index (χ3n) is 2.87. The largest absolute Gasteiger partial charge is 0.314 e. The van der Waals surface area contributed by atoms with Crippen LogP contribution >= 0.6 is 0 Å². The third kappa shape index (κ3) is 6.45. The smallest absolute Gasteiger partial charge is 0.151 e. The standard InChI is InChI=1S/C11H26N2O2S/c1-6-8-16(14,15)9-7-12-10-11(2,3)13(4)5/h12H,6-10H2,1-5H3. The maximum absolute atomic E-state index is 11.4. The molecule has 98 valence electrons. The predicted molar refractivity (Wildman–Crippen MR) is 69.6 cm³/mol. The molecule has 1 N–H and O–H groups in total. The fourth-order valence-electron chi connectivity index (χ4n) is 1.19. The maximum atomic E-state index is 11.4. The van der Waals surface area contributed by atoms with Gasteiger partial charge in [-0.1, -0.05) is 6.92 Å². The minimum Gasteiger partial charge on any atom is -0.314 e. The molecule has 4 nitrogen and oxygen atoms in total. The van der Waals surface area contributed by atoms with Crippen LogP contribution < -0.4 is 5.32 Å². The van der Waals surface area contributed by atoms with Crippen LogP contribution in [0.4, 0.5) is 0 Å². The summed E-state index contributed by atoms with van der Waals surface area (Å²) in [5, 5.41) is 3.20. The van der Waals surface area contributed by atoms with E-state index in [0.717, 1.165) is 6.54 Å². The first-order valence-corrected chi connectivity index (χ1v) is 7.62. The van der Waals surface area contributed by atoms with Gasteiger partial charge in [0, 0.05) is 24.4 Å². The van der Waals surface area contributed by atoms with Crippen molar-refractivity contribution in [1.29, 1.82) is 0 Å². The lowest BCUT2D eigenvalue weighted by Gasteiger charge is -2.32. The van der Waals surface area contributed by atoms with Crippen molar-refractivity contribution in [3.8, 4) is 0 Å². The summed E-state index contributed by atoms with van der Waals surface area (Å²) in [5.41, 5.74) is 0.0501. The summed E-state index contributed by atoms with van der Waals surface area (Å²) in [6, 6.07) is 0. The average molecular weight is 250 g/mol. The van der Waals surface area contributed by atoms with E-state index in [4.69, 9.17) is 0 Å². The zero-order chi connectivity index (χ0) is 12.8. The third-order valence-corrected chi connectivity index (χ3v) is 4.73. The first-order valence-electron chi connectivity index (χ1n) is 5.80. The van der Waals surface area contributed by atoms with Crippen LogP contribution in [0.15, 0.2) is 0 Å². The first-order chi connectivity index (χ1) is 7.21. The Bertz CT molecular complexity index is 284. The second kappa shape index (κ2) is 6.57. The molecule has 0 saturated heterocycles. The lowest BCUT2D eigenvalue weighted by molar-refractivity contribution is 0.191. The van der Waals surface area contributed by atoms with Gasteiger partial charge >= 0.3 is 0 Å². The zero-order valence-corrected chi connectivity index (χ0v) is 12.0. The van der Waals surface area contributed by atoms with Gasteiger partial charge in [-0.15, -0.1) is 0 Å². The van der Waals surface area contributed by atoms with Gasteiger partial charge in [0.2, 0.25) is 0 Å². The van der Waals surface area contributed by atoms with Crippen LogP contribution in [0.25, 0.3) is 0 Å². The monoisotopic (exact) mass is 250 g/mol. The minimum absolute atomic E-state index is 0.0501. The Morgan fingerprint density at radius 3 is 2.19 bits per heavy atom. The Morgan fingerprint density at radius 2 is 1.75 bits per heavy atom. The number of likely N-dealkylation sites (N-methyl/N-ethyl adjacent to an activating group) is 1. The molecule has 0 amide bonds. The van der Waals surface area contributed by atoms with E-state index < -0.39 is 9.84 Å². The van der Waals surface area contributed by atoms with Gasteiger partial charge in [0.05, 0.1) is 5.75 Å². The van der Waals surface area contributed by atoms with Crippen molar-refractivity contribution in [3.05, 3.63) is 0 Å². The molecule has 0 atom stereocenters. The molecule has 0 unspecified atom stereocenters. The van der Waals surface area contributed by atoms with E-state index in [1.807, 2.05) is 21.0 Å². The van der Waals surface area contributed by atoms with E-state index in [1.54, 1.807) is 0 Å². The lowest BCUT2D eigenvalue weighted by atomic mass is 10.0. The Kier molecular flexibility index (Phi) is 6.51. The fourth-order valence-corrected chi connectivity index (χ4v) is 2.47. The molecule has 0 heterocycles. The summed E-state index contributed by atoms with van der Waals surface area (Å²) in [4.78, 5) is 2.13. The molecule has 0 bridgehead atoms. The molecule has 0 aromatic carbocycles. The molecule has 0 aliphatic rings. The van der Waals surface area contributed by atoms with Crippen LogP contribution in [0.3, 0.4) is 0 Å². The molecule has 0 aliphatic heterocycles. The number of sulfone groups is 1.